The Balaban J connectivity index is 2.29. The Kier molecular flexibility index (Phi) is 4.18. The van der Waals surface area contributed by atoms with Gasteiger partial charge in [-0.05, 0) is 50.9 Å². The summed E-state index contributed by atoms with van der Waals surface area (Å²) in [6, 6.07) is 0. The van der Waals surface area contributed by atoms with Gasteiger partial charge in [-0.25, -0.2) is 0 Å². The number of hydrogen-bond donors (Lipinski definition) is 2. The third kappa shape index (κ3) is 2.37. The van der Waals surface area contributed by atoms with Crippen LogP contribution in [0.2, 0.25) is 0 Å². The molecule has 0 aliphatic heterocycles. The normalized spacial score (nSPS) is 46.4. The van der Waals surface area contributed by atoms with E-state index in [0.29, 0.717) is 6.42 Å². The predicted molar refractivity (Wildman–Crippen MR) is 76.0 cm³/mol. The molecule has 4 nitrogen and oxygen atoms in total. The molecule has 6 atom stereocenters. The molecule has 0 aromatic carbocycles. The van der Waals surface area contributed by atoms with Crippen LogP contribution in [0.1, 0.15) is 59.8 Å². The van der Waals surface area contributed by atoms with Crippen LogP contribution in [0.4, 0.5) is 0 Å². The van der Waals surface area contributed by atoms with E-state index in [1.165, 1.54) is 6.92 Å². The lowest BCUT2D eigenvalue weighted by molar-refractivity contribution is -0.233. The van der Waals surface area contributed by atoms with Crippen molar-refractivity contribution in [2.45, 2.75) is 77.6 Å². The number of ether oxygens (including phenoxy) is 1. The number of hydrogen-bond acceptors (Lipinski definition) is 4. The first kappa shape index (κ1) is 15.8. The molecule has 0 bridgehead atoms. The van der Waals surface area contributed by atoms with Crippen molar-refractivity contribution >= 4 is 5.97 Å². The molecular weight excluding hydrogens is 256 g/mol. The number of aliphatic hydroxyl groups excluding tert-OH is 1. The van der Waals surface area contributed by atoms with Gasteiger partial charge in [0.05, 0.1) is 11.7 Å². The van der Waals surface area contributed by atoms with Crippen molar-refractivity contribution in [1.29, 1.82) is 0 Å². The molecule has 4 heteroatoms. The first-order valence-electron chi connectivity index (χ1n) is 7.78. The fourth-order valence-corrected chi connectivity index (χ4v) is 4.40. The monoisotopic (exact) mass is 284 g/mol. The van der Waals surface area contributed by atoms with Crippen molar-refractivity contribution in [3.8, 4) is 0 Å². The quantitative estimate of drug-likeness (QED) is 0.763. The Labute approximate surface area is 121 Å². The molecule has 0 amide bonds. The van der Waals surface area contributed by atoms with Gasteiger partial charge in [0.1, 0.15) is 6.10 Å². The Morgan fingerprint density at radius 2 is 2.00 bits per heavy atom. The summed E-state index contributed by atoms with van der Waals surface area (Å²) in [6.45, 7) is 7.36. The van der Waals surface area contributed by atoms with E-state index in [0.717, 1.165) is 25.7 Å². The molecule has 2 saturated carbocycles. The van der Waals surface area contributed by atoms with E-state index in [4.69, 9.17) is 4.74 Å². The van der Waals surface area contributed by atoms with E-state index >= 15 is 0 Å². The van der Waals surface area contributed by atoms with Crippen LogP contribution in [0.25, 0.3) is 0 Å². The Hall–Kier alpha value is -0.610. The number of carbonyl (C=O) groups is 1. The zero-order chi connectivity index (χ0) is 15.1. The van der Waals surface area contributed by atoms with Crippen molar-refractivity contribution < 1.29 is 19.7 Å². The Morgan fingerprint density at radius 1 is 1.35 bits per heavy atom. The van der Waals surface area contributed by atoms with Crippen LogP contribution >= 0.6 is 0 Å². The standard InChI is InChI=1S/C16H28O4/c1-10-5-6-14(20-12(3)18)15(4)8-7-13(11(2)17)9-16(10,15)19/h10-11,13-14,17,19H,5-9H2,1-4H3/t10-,11?,13-,14+,15-,16+/m0/s1. The van der Waals surface area contributed by atoms with Crippen LogP contribution in [-0.2, 0) is 9.53 Å². The second kappa shape index (κ2) is 5.30. The van der Waals surface area contributed by atoms with Gasteiger partial charge in [-0.1, -0.05) is 13.8 Å². The number of aliphatic hydroxyl groups is 2. The van der Waals surface area contributed by atoms with Gasteiger partial charge in [0, 0.05) is 12.3 Å². The van der Waals surface area contributed by atoms with Gasteiger partial charge in [0.15, 0.2) is 0 Å². The molecule has 1 unspecified atom stereocenters. The van der Waals surface area contributed by atoms with Crippen molar-refractivity contribution in [1.82, 2.24) is 0 Å². The van der Waals surface area contributed by atoms with E-state index in [-0.39, 0.29) is 23.9 Å². The topological polar surface area (TPSA) is 66.8 Å². The minimum atomic E-state index is -0.856. The minimum Gasteiger partial charge on any atom is -0.462 e. The highest BCUT2D eigenvalue weighted by atomic mass is 16.5. The summed E-state index contributed by atoms with van der Waals surface area (Å²) in [5.74, 6) is 0.0261. The van der Waals surface area contributed by atoms with Gasteiger partial charge in [0.25, 0.3) is 0 Å². The number of esters is 1. The average molecular weight is 284 g/mol. The first-order chi connectivity index (χ1) is 9.20. The minimum absolute atomic E-state index is 0.131. The van der Waals surface area contributed by atoms with Crippen LogP contribution in [0.15, 0.2) is 0 Å². The first-order valence-corrected chi connectivity index (χ1v) is 7.78. The van der Waals surface area contributed by atoms with Gasteiger partial charge in [-0.3, -0.25) is 4.79 Å². The molecule has 20 heavy (non-hydrogen) atoms. The van der Waals surface area contributed by atoms with Crippen molar-refractivity contribution in [3.05, 3.63) is 0 Å². The van der Waals surface area contributed by atoms with Crippen LogP contribution in [0.5, 0.6) is 0 Å². The molecule has 2 fully saturated rings. The molecule has 0 radical (unpaired) electrons. The average Bonchev–Trinajstić information content (AvgIpc) is 2.35. The second-order valence-electron chi connectivity index (χ2n) is 7.16. The van der Waals surface area contributed by atoms with E-state index in [1.807, 2.05) is 0 Å². The molecule has 0 spiro atoms. The van der Waals surface area contributed by atoms with E-state index in [1.54, 1.807) is 6.92 Å². The lowest BCUT2D eigenvalue weighted by Crippen LogP contribution is -2.64. The van der Waals surface area contributed by atoms with E-state index in [2.05, 4.69) is 13.8 Å². The van der Waals surface area contributed by atoms with Crippen molar-refractivity contribution in [3.63, 3.8) is 0 Å². The molecule has 2 N–H and O–H groups in total. The summed E-state index contributed by atoms with van der Waals surface area (Å²) < 4.78 is 5.51. The molecule has 0 aromatic heterocycles. The van der Waals surface area contributed by atoms with Crippen LogP contribution in [0, 0.1) is 17.3 Å². The maximum absolute atomic E-state index is 11.3. The van der Waals surface area contributed by atoms with E-state index in [9.17, 15) is 15.0 Å². The van der Waals surface area contributed by atoms with Crippen molar-refractivity contribution in [2.24, 2.45) is 17.3 Å². The number of fused-ring (bicyclic) bond motifs is 1. The maximum atomic E-state index is 11.3. The Morgan fingerprint density at radius 3 is 2.55 bits per heavy atom. The van der Waals surface area contributed by atoms with E-state index < -0.39 is 17.1 Å². The van der Waals surface area contributed by atoms with Gasteiger partial charge < -0.3 is 14.9 Å². The lowest BCUT2D eigenvalue weighted by atomic mass is 9.50. The highest BCUT2D eigenvalue weighted by molar-refractivity contribution is 5.66. The SMILES string of the molecule is CC(=O)O[C@@H]1CC[C@H](C)[C@]2(O)C[C@@H](C(C)O)CC[C@@]12C. The molecule has 0 aromatic rings. The third-order valence-corrected chi connectivity index (χ3v) is 5.98. The smallest absolute Gasteiger partial charge is 0.302 e. The summed E-state index contributed by atoms with van der Waals surface area (Å²) in [7, 11) is 0. The molecule has 2 aliphatic rings. The fraction of sp³-hybridized carbons (Fsp3) is 0.938. The van der Waals surface area contributed by atoms with Crippen LogP contribution < -0.4 is 0 Å². The van der Waals surface area contributed by atoms with Crippen LogP contribution in [-0.4, -0.2) is 34.0 Å². The number of carbonyl (C=O) groups excluding carboxylic acids is 1. The summed E-state index contributed by atoms with van der Waals surface area (Å²) in [4.78, 5) is 11.3. The zero-order valence-electron chi connectivity index (χ0n) is 13.1. The highest BCUT2D eigenvalue weighted by Gasteiger charge is 2.61. The summed E-state index contributed by atoms with van der Waals surface area (Å²) in [5, 5.41) is 21.2. The maximum Gasteiger partial charge on any atom is 0.302 e. The summed E-state index contributed by atoms with van der Waals surface area (Å²) in [6.07, 6.45) is 3.33. The molecule has 2 rings (SSSR count). The fourth-order valence-electron chi connectivity index (χ4n) is 4.40. The molecular formula is C16H28O4. The van der Waals surface area contributed by atoms with Crippen molar-refractivity contribution in [2.75, 3.05) is 0 Å². The van der Waals surface area contributed by atoms with Gasteiger partial charge in [-0.15, -0.1) is 0 Å². The van der Waals surface area contributed by atoms with Gasteiger partial charge in [-0.2, -0.15) is 0 Å². The van der Waals surface area contributed by atoms with Gasteiger partial charge >= 0.3 is 5.97 Å². The number of rotatable bonds is 2. The third-order valence-electron chi connectivity index (χ3n) is 5.98. The molecule has 0 heterocycles. The predicted octanol–water partition coefficient (Wildman–Crippen LogP) is 2.27. The second-order valence-corrected chi connectivity index (χ2v) is 7.16. The largest absolute Gasteiger partial charge is 0.462 e. The zero-order valence-corrected chi connectivity index (χ0v) is 13.1. The van der Waals surface area contributed by atoms with Crippen LogP contribution in [0.3, 0.4) is 0 Å². The summed E-state index contributed by atoms with van der Waals surface area (Å²) in [5.41, 5.74) is -1.26. The van der Waals surface area contributed by atoms with Gasteiger partial charge in [0.2, 0.25) is 0 Å². The molecule has 116 valence electrons. The Bertz CT molecular complexity index is 381. The lowest BCUT2D eigenvalue weighted by Gasteiger charge is -2.59. The molecule has 0 saturated heterocycles. The highest BCUT2D eigenvalue weighted by Crippen LogP contribution is 2.57. The molecule has 2 aliphatic carbocycles. The summed E-state index contributed by atoms with van der Waals surface area (Å²) >= 11 is 0.